The van der Waals surface area contributed by atoms with Crippen molar-refractivity contribution in [3.8, 4) is 0 Å². The van der Waals surface area contributed by atoms with Gasteiger partial charge in [0.1, 0.15) is 0 Å². The first-order chi connectivity index (χ1) is 10.0. The predicted molar refractivity (Wildman–Crippen MR) is 87.6 cm³/mol. The summed E-state index contributed by atoms with van der Waals surface area (Å²) in [5, 5.41) is 5.02. The standard InChI is InChI=1S/C15H20N2O2S2/c1-16-10-13-5-3-6-14(9-13)12-21(18,19)17(2)11-15-7-4-8-20-15/h3-9,16H,10-12H2,1-2H3. The fourth-order valence-corrected chi connectivity index (χ4v) is 4.07. The van der Waals surface area contributed by atoms with E-state index in [1.165, 1.54) is 4.31 Å². The van der Waals surface area contributed by atoms with Crippen LogP contribution in [-0.2, 0) is 28.9 Å². The van der Waals surface area contributed by atoms with Gasteiger partial charge in [-0.2, -0.15) is 4.31 Å². The van der Waals surface area contributed by atoms with E-state index in [0.717, 1.165) is 22.5 Å². The molecule has 0 amide bonds. The van der Waals surface area contributed by atoms with Crippen molar-refractivity contribution < 1.29 is 8.42 Å². The Hall–Kier alpha value is -1.21. The summed E-state index contributed by atoms with van der Waals surface area (Å²) in [6.45, 7) is 1.16. The zero-order chi connectivity index (χ0) is 15.3. The quantitative estimate of drug-likeness (QED) is 0.851. The summed E-state index contributed by atoms with van der Waals surface area (Å²) >= 11 is 1.57. The lowest BCUT2D eigenvalue weighted by atomic mass is 10.1. The maximum atomic E-state index is 12.4. The topological polar surface area (TPSA) is 49.4 Å². The zero-order valence-electron chi connectivity index (χ0n) is 12.2. The van der Waals surface area contributed by atoms with E-state index >= 15 is 0 Å². The summed E-state index contributed by atoms with van der Waals surface area (Å²) in [5.74, 6) is 0.0342. The molecular weight excluding hydrogens is 304 g/mol. The van der Waals surface area contributed by atoms with Gasteiger partial charge in [-0.15, -0.1) is 11.3 Å². The van der Waals surface area contributed by atoms with Crippen LogP contribution in [0.3, 0.4) is 0 Å². The number of hydrogen-bond acceptors (Lipinski definition) is 4. The molecule has 0 bridgehead atoms. The average molecular weight is 324 g/mol. The molecule has 6 heteroatoms. The Kier molecular flexibility index (Phi) is 5.52. The molecule has 0 spiro atoms. The van der Waals surface area contributed by atoms with Crippen LogP contribution in [0.4, 0.5) is 0 Å². The molecule has 4 nitrogen and oxygen atoms in total. The summed E-state index contributed by atoms with van der Waals surface area (Å²) < 4.78 is 26.2. The Balaban J connectivity index is 2.07. The van der Waals surface area contributed by atoms with E-state index in [1.807, 2.05) is 48.8 Å². The predicted octanol–water partition coefficient (Wildman–Crippen LogP) is 2.43. The van der Waals surface area contributed by atoms with Gasteiger partial charge in [-0.25, -0.2) is 8.42 Å². The van der Waals surface area contributed by atoms with Crippen LogP contribution >= 0.6 is 11.3 Å². The largest absolute Gasteiger partial charge is 0.316 e. The van der Waals surface area contributed by atoms with Crippen molar-refractivity contribution >= 4 is 21.4 Å². The molecule has 0 atom stereocenters. The second kappa shape index (κ2) is 7.17. The molecule has 2 aromatic rings. The van der Waals surface area contributed by atoms with Gasteiger partial charge in [0.2, 0.25) is 10.0 Å². The van der Waals surface area contributed by atoms with Gasteiger partial charge in [0.15, 0.2) is 0 Å². The normalized spacial score (nSPS) is 12.0. The maximum absolute atomic E-state index is 12.4. The lowest BCUT2D eigenvalue weighted by molar-refractivity contribution is 0.469. The van der Waals surface area contributed by atoms with Gasteiger partial charge in [-0.1, -0.05) is 30.3 Å². The Morgan fingerprint density at radius 2 is 1.95 bits per heavy atom. The Bertz CT molecular complexity index is 667. The molecule has 114 valence electrons. The van der Waals surface area contributed by atoms with Crippen LogP contribution in [0.1, 0.15) is 16.0 Å². The summed E-state index contributed by atoms with van der Waals surface area (Å²) in [6, 6.07) is 11.6. The molecule has 1 aromatic carbocycles. The van der Waals surface area contributed by atoms with E-state index in [1.54, 1.807) is 18.4 Å². The van der Waals surface area contributed by atoms with Crippen LogP contribution < -0.4 is 5.32 Å². The first kappa shape index (κ1) is 16.2. The molecule has 1 N–H and O–H groups in total. The second-order valence-electron chi connectivity index (χ2n) is 4.94. The first-order valence-electron chi connectivity index (χ1n) is 6.70. The van der Waals surface area contributed by atoms with Gasteiger partial charge >= 0.3 is 0 Å². The number of hydrogen-bond donors (Lipinski definition) is 1. The molecule has 0 radical (unpaired) electrons. The molecule has 0 aliphatic carbocycles. The van der Waals surface area contributed by atoms with Crippen molar-refractivity contribution in [1.29, 1.82) is 0 Å². The van der Waals surface area contributed by atoms with Gasteiger partial charge in [0, 0.05) is 25.0 Å². The highest BCUT2D eigenvalue weighted by Crippen LogP contribution is 2.16. The van der Waals surface area contributed by atoms with Crippen LogP contribution in [0.15, 0.2) is 41.8 Å². The monoisotopic (exact) mass is 324 g/mol. The highest BCUT2D eigenvalue weighted by molar-refractivity contribution is 7.88. The van der Waals surface area contributed by atoms with Gasteiger partial charge in [0.25, 0.3) is 0 Å². The average Bonchev–Trinajstić information content (AvgIpc) is 2.92. The van der Waals surface area contributed by atoms with Crippen molar-refractivity contribution in [2.75, 3.05) is 14.1 Å². The molecule has 0 saturated carbocycles. The van der Waals surface area contributed by atoms with Gasteiger partial charge < -0.3 is 5.32 Å². The molecule has 0 fully saturated rings. The number of thiophene rings is 1. The minimum atomic E-state index is -3.30. The third kappa shape index (κ3) is 4.64. The van der Waals surface area contributed by atoms with Crippen LogP contribution in [0, 0.1) is 0 Å². The third-order valence-electron chi connectivity index (χ3n) is 3.15. The Morgan fingerprint density at radius 1 is 1.19 bits per heavy atom. The molecule has 0 aliphatic heterocycles. The highest BCUT2D eigenvalue weighted by Gasteiger charge is 2.19. The summed E-state index contributed by atoms with van der Waals surface area (Å²) in [5.41, 5.74) is 1.91. The maximum Gasteiger partial charge on any atom is 0.218 e. The molecule has 21 heavy (non-hydrogen) atoms. The molecular formula is C15H20N2O2S2. The summed E-state index contributed by atoms with van der Waals surface area (Å²) in [6.07, 6.45) is 0. The minimum absolute atomic E-state index is 0.0342. The minimum Gasteiger partial charge on any atom is -0.316 e. The number of nitrogens with one attached hydrogen (secondary N) is 1. The lowest BCUT2D eigenvalue weighted by Gasteiger charge is -2.16. The van der Waals surface area contributed by atoms with Crippen molar-refractivity contribution in [1.82, 2.24) is 9.62 Å². The molecule has 0 saturated heterocycles. The lowest BCUT2D eigenvalue weighted by Crippen LogP contribution is -2.27. The Labute approximate surface area is 130 Å². The van der Waals surface area contributed by atoms with Crippen molar-refractivity contribution in [2.45, 2.75) is 18.8 Å². The zero-order valence-corrected chi connectivity index (χ0v) is 13.9. The van der Waals surface area contributed by atoms with Gasteiger partial charge in [-0.3, -0.25) is 0 Å². The molecule has 1 aromatic heterocycles. The third-order valence-corrected chi connectivity index (χ3v) is 5.79. The van der Waals surface area contributed by atoms with E-state index in [9.17, 15) is 8.42 Å². The van der Waals surface area contributed by atoms with E-state index in [0.29, 0.717) is 6.54 Å². The van der Waals surface area contributed by atoms with Crippen molar-refractivity contribution in [2.24, 2.45) is 0 Å². The number of nitrogens with zero attached hydrogens (tertiary/aromatic N) is 1. The van der Waals surface area contributed by atoms with Crippen LogP contribution in [-0.4, -0.2) is 26.8 Å². The number of sulfonamides is 1. The van der Waals surface area contributed by atoms with Gasteiger partial charge in [-0.05, 0) is 29.6 Å². The SMILES string of the molecule is CNCc1cccc(CS(=O)(=O)N(C)Cc2cccs2)c1. The second-order valence-corrected chi connectivity index (χ2v) is 8.05. The van der Waals surface area contributed by atoms with Crippen molar-refractivity contribution in [3.63, 3.8) is 0 Å². The molecule has 1 heterocycles. The fraction of sp³-hybridized carbons (Fsp3) is 0.333. The van der Waals surface area contributed by atoms with Crippen LogP contribution in [0.25, 0.3) is 0 Å². The van der Waals surface area contributed by atoms with E-state index in [4.69, 9.17) is 0 Å². The highest BCUT2D eigenvalue weighted by atomic mass is 32.2. The first-order valence-corrected chi connectivity index (χ1v) is 9.19. The van der Waals surface area contributed by atoms with E-state index in [-0.39, 0.29) is 5.75 Å². The van der Waals surface area contributed by atoms with Crippen LogP contribution in [0.2, 0.25) is 0 Å². The molecule has 2 rings (SSSR count). The van der Waals surface area contributed by atoms with Gasteiger partial charge in [0.05, 0.1) is 5.75 Å². The Morgan fingerprint density at radius 3 is 2.62 bits per heavy atom. The fourth-order valence-electron chi connectivity index (χ4n) is 2.07. The summed E-state index contributed by atoms with van der Waals surface area (Å²) in [4.78, 5) is 1.05. The van der Waals surface area contributed by atoms with E-state index in [2.05, 4.69) is 5.32 Å². The van der Waals surface area contributed by atoms with Crippen LogP contribution in [0.5, 0.6) is 0 Å². The molecule has 0 aliphatic rings. The number of benzene rings is 1. The van der Waals surface area contributed by atoms with E-state index < -0.39 is 10.0 Å². The van der Waals surface area contributed by atoms with Crippen molar-refractivity contribution in [3.05, 3.63) is 57.8 Å². The summed E-state index contributed by atoms with van der Waals surface area (Å²) in [7, 11) is 0.203. The molecule has 0 unspecified atom stereocenters. The smallest absolute Gasteiger partial charge is 0.218 e. The number of rotatable bonds is 7.